The molecule has 2 saturated heterocycles. The molecule has 1 N–H and O–H groups in total. The van der Waals surface area contributed by atoms with Crippen molar-refractivity contribution in [1.82, 2.24) is 15.1 Å². The Morgan fingerprint density at radius 3 is 2.67 bits per heavy atom. The quantitative estimate of drug-likeness (QED) is 0.856. The van der Waals surface area contributed by atoms with Crippen LogP contribution in [0, 0.1) is 0 Å². The summed E-state index contributed by atoms with van der Waals surface area (Å²) >= 11 is 0. The van der Waals surface area contributed by atoms with E-state index < -0.39 is 0 Å². The number of nitrogens with one attached hydrogen (secondary N) is 1. The van der Waals surface area contributed by atoms with Crippen LogP contribution in [0.3, 0.4) is 0 Å². The van der Waals surface area contributed by atoms with Crippen LogP contribution >= 0.6 is 12.4 Å². The lowest BCUT2D eigenvalue weighted by Gasteiger charge is -2.37. The first-order valence-electron chi connectivity index (χ1n) is 8.03. The van der Waals surface area contributed by atoms with Gasteiger partial charge < -0.3 is 15.1 Å². The highest BCUT2D eigenvalue weighted by Crippen LogP contribution is 2.20. The minimum Gasteiger partial charge on any atom is -0.340 e. The number of nitrogens with zero attached hydrogens (tertiary/aromatic N) is 2. The minimum atomic E-state index is -0.208. The Bertz CT molecular complexity index is 344. The lowest BCUT2D eigenvalue weighted by atomic mass is 10.00. The molecule has 0 bridgehead atoms. The Kier molecular flexibility index (Phi) is 8.04. The van der Waals surface area contributed by atoms with Crippen LogP contribution in [-0.4, -0.2) is 60.4 Å². The van der Waals surface area contributed by atoms with Crippen LogP contribution in [-0.2, 0) is 9.59 Å². The topological polar surface area (TPSA) is 52.7 Å². The van der Waals surface area contributed by atoms with Crippen LogP contribution in [0.25, 0.3) is 0 Å². The summed E-state index contributed by atoms with van der Waals surface area (Å²) in [5.74, 6) is 0.316. The molecule has 6 heteroatoms. The number of likely N-dealkylation sites (tertiary alicyclic amines) is 1. The molecule has 2 amide bonds. The summed E-state index contributed by atoms with van der Waals surface area (Å²) in [5.41, 5.74) is 0. The largest absolute Gasteiger partial charge is 0.340 e. The third-order valence-electron chi connectivity index (χ3n) is 4.22. The first-order valence-corrected chi connectivity index (χ1v) is 8.03. The van der Waals surface area contributed by atoms with Gasteiger partial charge in [0.05, 0.1) is 0 Å². The van der Waals surface area contributed by atoms with Crippen LogP contribution < -0.4 is 5.32 Å². The van der Waals surface area contributed by atoms with Gasteiger partial charge in [0, 0.05) is 32.6 Å². The fourth-order valence-electron chi connectivity index (χ4n) is 3.12. The lowest BCUT2D eigenvalue weighted by Crippen LogP contribution is -2.53. The van der Waals surface area contributed by atoms with Crippen molar-refractivity contribution in [2.45, 2.75) is 51.5 Å². The van der Waals surface area contributed by atoms with E-state index in [1.165, 1.54) is 0 Å². The molecule has 2 aliphatic heterocycles. The Morgan fingerprint density at radius 2 is 1.90 bits per heavy atom. The number of rotatable bonds is 3. The van der Waals surface area contributed by atoms with E-state index in [0.29, 0.717) is 6.42 Å². The molecule has 0 aromatic rings. The normalized spacial score (nSPS) is 23.2. The van der Waals surface area contributed by atoms with Gasteiger partial charge in [0.15, 0.2) is 0 Å². The average molecular weight is 318 g/mol. The maximum Gasteiger partial charge on any atom is 0.245 e. The summed E-state index contributed by atoms with van der Waals surface area (Å²) in [4.78, 5) is 28.7. The molecule has 1 unspecified atom stereocenters. The highest BCUT2D eigenvalue weighted by Gasteiger charge is 2.34. The van der Waals surface area contributed by atoms with Crippen molar-refractivity contribution in [1.29, 1.82) is 0 Å². The summed E-state index contributed by atoms with van der Waals surface area (Å²) in [6.45, 7) is 6.19. The molecule has 2 rings (SSSR count). The first-order chi connectivity index (χ1) is 9.74. The Hall–Kier alpha value is -0.810. The van der Waals surface area contributed by atoms with Gasteiger partial charge in [-0.05, 0) is 38.6 Å². The van der Waals surface area contributed by atoms with Gasteiger partial charge >= 0.3 is 0 Å². The zero-order valence-electron chi connectivity index (χ0n) is 13.0. The number of carbonyl (C=O) groups excluding carboxylic acids is 2. The number of hydrogen-bond donors (Lipinski definition) is 1. The predicted molar refractivity (Wildman–Crippen MR) is 85.6 cm³/mol. The number of carbonyl (C=O) groups is 2. The maximum atomic E-state index is 12.7. The van der Waals surface area contributed by atoms with Crippen molar-refractivity contribution < 1.29 is 9.59 Å². The van der Waals surface area contributed by atoms with Crippen molar-refractivity contribution in [3.05, 3.63) is 0 Å². The van der Waals surface area contributed by atoms with Crippen LogP contribution in [0.4, 0.5) is 0 Å². The maximum absolute atomic E-state index is 12.7. The van der Waals surface area contributed by atoms with Gasteiger partial charge in [-0.25, -0.2) is 0 Å². The van der Waals surface area contributed by atoms with Crippen molar-refractivity contribution in [2.24, 2.45) is 0 Å². The van der Waals surface area contributed by atoms with Gasteiger partial charge in [0.1, 0.15) is 6.04 Å². The lowest BCUT2D eigenvalue weighted by molar-refractivity contribution is -0.147. The molecule has 1 atom stereocenters. The molecule has 0 spiro atoms. The second-order valence-electron chi connectivity index (χ2n) is 5.78. The van der Waals surface area contributed by atoms with Crippen molar-refractivity contribution in [3.63, 3.8) is 0 Å². The number of hydrogen-bond acceptors (Lipinski definition) is 3. The van der Waals surface area contributed by atoms with E-state index in [1.807, 2.05) is 16.7 Å². The van der Waals surface area contributed by atoms with E-state index in [1.54, 1.807) is 0 Å². The highest BCUT2D eigenvalue weighted by molar-refractivity contribution is 5.88. The van der Waals surface area contributed by atoms with Crippen LogP contribution in [0.5, 0.6) is 0 Å². The molecule has 2 fully saturated rings. The second kappa shape index (κ2) is 9.26. The highest BCUT2D eigenvalue weighted by atomic mass is 35.5. The first kappa shape index (κ1) is 18.2. The fraction of sp³-hybridized carbons (Fsp3) is 0.867. The van der Waals surface area contributed by atoms with E-state index in [-0.39, 0.29) is 30.3 Å². The van der Waals surface area contributed by atoms with Crippen molar-refractivity contribution in [2.75, 3.05) is 32.7 Å². The van der Waals surface area contributed by atoms with Crippen LogP contribution in [0.2, 0.25) is 0 Å². The summed E-state index contributed by atoms with van der Waals surface area (Å²) in [6, 6.07) is -0.208. The molecule has 2 aliphatic rings. The zero-order valence-corrected chi connectivity index (χ0v) is 13.8. The molecular formula is C15H28ClN3O2. The second-order valence-corrected chi connectivity index (χ2v) is 5.78. The minimum absolute atomic E-state index is 0. The van der Waals surface area contributed by atoms with Gasteiger partial charge in [-0.1, -0.05) is 6.92 Å². The van der Waals surface area contributed by atoms with Crippen LogP contribution in [0.1, 0.15) is 45.4 Å². The predicted octanol–water partition coefficient (Wildman–Crippen LogP) is 1.41. The van der Waals surface area contributed by atoms with E-state index in [2.05, 4.69) is 5.32 Å². The molecule has 2 heterocycles. The van der Waals surface area contributed by atoms with E-state index >= 15 is 0 Å². The van der Waals surface area contributed by atoms with Crippen molar-refractivity contribution in [3.8, 4) is 0 Å². The Morgan fingerprint density at radius 1 is 1.10 bits per heavy atom. The smallest absolute Gasteiger partial charge is 0.245 e. The molecule has 122 valence electrons. The molecular weight excluding hydrogens is 290 g/mol. The summed E-state index contributed by atoms with van der Waals surface area (Å²) < 4.78 is 0. The number of piperidine rings is 1. The SMILES string of the molecule is CCCC(=O)N1CCCCC1C(=O)N1CCCNCC1.Cl. The molecule has 0 aromatic carbocycles. The van der Waals surface area contributed by atoms with Crippen molar-refractivity contribution >= 4 is 24.2 Å². The fourth-order valence-corrected chi connectivity index (χ4v) is 3.12. The molecule has 0 aromatic heterocycles. The molecule has 21 heavy (non-hydrogen) atoms. The number of amides is 2. The standard InChI is InChI=1S/C15H27N3O2.ClH/c1-2-6-14(19)18-11-4-3-7-13(18)15(20)17-10-5-8-16-9-12-17;/h13,16H,2-12H2,1H3;1H. The van der Waals surface area contributed by atoms with Gasteiger partial charge in [-0.2, -0.15) is 0 Å². The third kappa shape index (κ3) is 4.85. The Balaban J connectivity index is 0.00000220. The molecule has 0 radical (unpaired) electrons. The third-order valence-corrected chi connectivity index (χ3v) is 4.22. The summed E-state index contributed by atoms with van der Waals surface area (Å²) in [5, 5.41) is 3.31. The van der Waals surface area contributed by atoms with Gasteiger partial charge in [-0.15, -0.1) is 12.4 Å². The molecule has 0 saturated carbocycles. The summed E-state index contributed by atoms with van der Waals surface area (Å²) in [6.07, 6.45) is 5.33. The van der Waals surface area contributed by atoms with Crippen LogP contribution in [0.15, 0.2) is 0 Å². The van der Waals surface area contributed by atoms with Gasteiger partial charge in [-0.3, -0.25) is 9.59 Å². The van der Waals surface area contributed by atoms with E-state index in [9.17, 15) is 9.59 Å². The van der Waals surface area contributed by atoms with E-state index in [0.717, 1.165) is 64.8 Å². The van der Waals surface area contributed by atoms with Gasteiger partial charge in [0.2, 0.25) is 11.8 Å². The van der Waals surface area contributed by atoms with E-state index in [4.69, 9.17) is 0 Å². The Labute approximate surface area is 133 Å². The monoisotopic (exact) mass is 317 g/mol. The average Bonchev–Trinajstić information content (AvgIpc) is 2.76. The molecule has 0 aliphatic carbocycles. The summed E-state index contributed by atoms with van der Waals surface area (Å²) in [7, 11) is 0. The zero-order chi connectivity index (χ0) is 14.4. The van der Waals surface area contributed by atoms with Gasteiger partial charge in [0.25, 0.3) is 0 Å². The molecule has 5 nitrogen and oxygen atoms in total. The number of halogens is 1.